The number of rotatable bonds is 4. The molecule has 1 aliphatic rings. The molecule has 0 bridgehead atoms. The third kappa shape index (κ3) is 3.34. The van der Waals surface area contributed by atoms with Crippen LogP contribution in [-0.2, 0) is 11.3 Å². The lowest BCUT2D eigenvalue weighted by molar-refractivity contribution is -0.136. The lowest BCUT2D eigenvalue weighted by atomic mass is 10.0. The second-order valence-electron chi connectivity index (χ2n) is 6.83. The molecule has 130 valence electrons. The second-order valence-corrected chi connectivity index (χ2v) is 6.83. The van der Waals surface area contributed by atoms with Crippen LogP contribution in [0, 0.1) is 13.8 Å². The molecule has 0 N–H and O–H groups in total. The zero-order valence-electron chi connectivity index (χ0n) is 14.8. The summed E-state index contributed by atoms with van der Waals surface area (Å²) in [5.74, 6) is 1.52. The first-order valence-electron chi connectivity index (χ1n) is 8.59. The first-order valence-corrected chi connectivity index (χ1v) is 8.59. The van der Waals surface area contributed by atoms with E-state index in [1.54, 1.807) is 4.68 Å². The molecular formula is C17H25N5O2. The van der Waals surface area contributed by atoms with Crippen molar-refractivity contribution in [1.82, 2.24) is 24.8 Å². The summed E-state index contributed by atoms with van der Waals surface area (Å²) in [6.45, 7) is 8.93. The molecule has 3 heterocycles. The minimum absolute atomic E-state index is 0.0511. The first-order chi connectivity index (χ1) is 11.5. The third-order valence-corrected chi connectivity index (χ3v) is 4.47. The van der Waals surface area contributed by atoms with Crippen LogP contribution in [0.3, 0.4) is 0 Å². The molecule has 2 aromatic heterocycles. The van der Waals surface area contributed by atoms with Crippen molar-refractivity contribution >= 4 is 5.91 Å². The van der Waals surface area contributed by atoms with Gasteiger partial charge < -0.3 is 9.42 Å². The van der Waals surface area contributed by atoms with Gasteiger partial charge in [0.05, 0.1) is 5.69 Å². The standard InChI is InChI=1S/C17H25N5O2/c1-11(2)16-18-17(24-20-16)14-7-5-6-8-21(14)15(23)10-22-13(4)9-12(3)19-22/h9,11,14H,5-8,10H2,1-4H3. The highest BCUT2D eigenvalue weighted by Crippen LogP contribution is 2.30. The number of nitrogens with zero attached hydrogens (tertiary/aromatic N) is 5. The summed E-state index contributed by atoms with van der Waals surface area (Å²) >= 11 is 0. The predicted molar refractivity (Wildman–Crippen MR) is 88.4 cm³/mol. The van der Waals surface area contributed by atoms with Gasteiger partial charge >= 0.3 is 0 Å². The maximum absolute atomic E-state index is 12.8. The average Bonchev–Trinajstić information content (AvgIpc) is 3.14. The van der Waals surface area contributed by atoms with Gasteiger partial charge in [0.15, 0.2) is 5.82 Å². The van der Waals surface area contributed by atoms with Crippen LogP contribution in [0.2, 0.25) is 0 Å². The van der Waals surface area contributed by atoms with Crippen molar-refractivity contribution in [2.75, 3.05) is 6.54 Å². The number of hydrogen-bond acceptors (Lipinski definition) is 5. The highest BCUT2D eigenvalue weighted by Gasteiger charge is 2.32. The Balaban J connectivity index is 1.78. The molecule has 1 unspecified atom stereocenters. The lowest BCUT2D eigenvalue weighted by Crippen LogP contribution is -2.40. The summed E-state index contributed by atoms with van der Waals surface area (Å²) in [5, 5.41) is 8.43. The number of aromatic nitrogens is 4. The summed E-state index contributed by atoms with van der Waals surface area (Å²) in [6, 6.07) is 1.86. The van der Waals surface area contributed by atoms with E-state index in [2.05, 4.69) is 15.2 Å². The normalized spacial score (nSPS) is 18.4. The Labute approximate surface area is 142 Å². The van der Waals surface area contributed by atoms with E-state index in [-0.39, 0.29) is 24.4 Å². The highest BCUT2D eigenvalue weighted by atomic mass is 16.5. The predicted octanol–water partition coefficient (Wildman–Crippen LogP) is 2.76. The van der Waals surface area contributed by atoms with Crippen LogP contribution in [0.15, 0.2) is 10.6 Å². The number of likely N-dealkylation sites (tertiary alicyclic amines) is 1. The Morgan fingerprint density at radius 2 is 2.17 bits per heavy atom. The Morgan fingerprint density at radius 3 is 2.79 bits per heavy atom. The van der Waals surface area contributed by atoms with Crippen LogP contribution in [0.1, 0.15) is 68.2 Å². The van der Waals surface area contributed by atoms with Crippen LogP contribution in [0.4, 0.5) is 0 Å². The number of carbonyl (C=O) groups is 1. The summed E-state index contributed by atoms with van der Waals surface area (Å²) in [5.41, 5.74) is 1.92. The second kappa shape index (κ2) is 6.75. The van der Waals surface area contributed by atoms with Gasteiger partial charge in [0.2, 0.25) is 11.8 Å². The summed E-state index contributed by atoms with van der Waals surface area (Å²) in [7, 11) is 0. The smallest absolute Gasteiger partial charge is 0.249 e. The lowest BCUT2D eigenvalue weighted by Gasteiger charge is -2.33. The fourth-order valence-corrected chi connectivity index (χ4v) is 3.16. The van der Waals surface area contributed by atoms with Gasteiger partial charge in [-0.2, -0.15) is 10.1 Å². The highest BCUT2D eigenvalue weighted by molar-refractivity contribution is 5.76. The van der Waals surface area contributed by atoms with Gasteiger partial charge in [0, 0.05) is 18.2 Å². The number of carbonyl (C=O) groups excluding carboxylic acids is 1. The molecule has 1 amide bonds. The quantitative estimate of drug-likeness (QED) is 0.861. The van der Waals surface area contributed by atoms with Crippen molar-refractivity contribution in [2.45, 2.75) is 65.5 Å². The van der Waals surface area contributed by atoms with E-state index in [4.69, 9.17) is 4.52 Å². The van der Waals surface area contributed by atoms with Gasteiger partial charge in [0.25, 0.3) is 0 Å². The van der Waals surface area contributed by atoms with Crippen LogP contribution < -0.4 is 0 Å². The molecule has 24 heavy (non-hydrogen) atoms. The van der Waals surface area contributed by atoms with E-state index in [1.165, 1.54) is 0 Å². The molecule has 0 radical (unpaired) electrons. The van der Waals surface area contributed by atoms with Crippen molar-refractivity contribution in [1.29, 1.82) is 0 Å². The fraction of sp³-hybridized carbons (Fsp3) is 0.647. The van der Waals surface area contributed by atoms with Crippen LogP contribution in [0.5, 0.6) is 0 Å². The minimum Gasteiger partial charge on any atom is -0.337 e. The zero-order chi connectivity index (χ0) is 17.3. The number of hydrogen-bond donors (Lipinski definition) is 0. The molecule has 2 aromatic rings. The molecule has 1 saturated heterocycles. The molecule has 0 aliphatic carbocycles. The molecule has 7 heteroatoms. The number of amides is 1. The van der Waals surface area contributed by atoms with Crippen molar-refractivity contribution in [2.24, 2.45) is 0 Å². The summed E-state index contributed by atoms with van der Waals surface area (Å²) in [6.07, 6.45) is 2.93. The molecule has 3 rings (SSSR count). The van der Waals surface area contributed by atoms with Crippen molar-refractivity contribution in [3.05, 3.63) is 29.2 Å². The molecule has 0 aromatic carbocycles. The van der Waals surface area contributed by atoms with Crippen molar-refractivity contribution in [3.8, 4) is 0 Å². The molecule has 1 aliphatic heterocycles. The van der Waals surface area contributed by atoms with Gasteiger partial charge in [-0.05, 0) is 39.2 Å². The van der Waals surface area contributed by atoms with E-state index in [0.29, 0.717) is 11.7 Å². The Bertz CT molecular complexity index is 718. The monoisotopic (exact) mass is 331 g/mol. The number of piperidine rings is 1. The molecule has 7 nitrogen and oxygen atoms in total. The first kappa shape index (κ1) is 16.7. The van der Waals surface area contributed by atoms with E-state index in [1.807, 2.05) is 38.7 Å². The Kier molecular flexibility index (Phi) is 4.69. The van der Waals surface area contributed by atoms with E-state index in [0.717, 1.165) is 37.2 Å². The van der Waals surface area contributed by atoms with Gasteiger partial charge in [-0.15, -0.1) is 0 Å². The van der Waals surface area contributed by atoms with E-state index >= 15 is 0 Å². The number of aryl methyl sites for hydroxylation is 2. The average molecular weight is 331 g/mol. The van der Waals surface area contributed by atoms with Crippen molar-refractivity contribution < 1.29 is 9.32 Å². The van der Waals surface area contributed by atoms with E-state index in [9.17, 15) is 4.79 Å². The maximum atomic E-state index is 12.8. The molecule has 1 fully saturated rings. The van der Waals surface area contributed by atoms with Gasteiger partial charge in [0.1, 0.15) is 12.6 Å². The fourth-order valence-electron chi connectivity index (χ4n) is 3.16. The molecular weight excluding hydrogens is 306 g/mol. The topological polar surface area (TPSA) is 77.0 Å². The largest absolute Gasteiger partial charge is 0.337 e. The third-order valence-electron chi connectivity index (χ3n) is 4.47. The summed E-state index contributed by atoms with van der Waals surface area (Å²) < 4.78 is 7.21. The van der Waals surface area contributed by atoms with Crippen LogP contribution in [-0.4, -0.2) is 37.3 Å². The minimum atomic E-state index is -0.122. The van der Waals surface area contributed by atoms with Crippen LogP contribution >= 0.6 is 0 Å². The van der Waals surface area contributed by atoms with E-state index < -0.39 is 0 Å². The zero-order valence-corrected chi connectivity index (χ0v) is 14.8. The Morgan fingerprint density at radius 1 is 1.38 bits per heavy atom. The summed E-state index contributed by atoms with van der Waals surface area (Å²) in [4.78, 5) is 19.2. The van der Waals surface area contributed by atoms with Crippen LogP contribution in [0.25, 0.3) is 0 Å². The molecule has 0 spiro atoms. The van der Waals surface area contributed by atoms with Gasteiger partial charge in [-0.25, -0.2) is 0 Å². The maximum Gasteiger partial charge on any atom is 0.249 e. The molecule has 0 saturated carbocycles. The van der Waals surface area contributed by atoms with Crippen molar-refractivity contribution in [3.63, 3.8) is 0 Å². The SMILES string of the molecule is Cc1cc(C)n(CC(=O)N2CCCCC2c2nc(C(C)C)no2)n1. The molecule has 1 atom stereocenters. The van der Waals surface area contributed by atoms with Gasteiger partial charge in [-0.1, -0.05) is 19.0 Å². The Hall–Kier alpha value is -2.18. The van der Waals surface area contributed by atoms with Gasteiger partial charge in [-0.3, -0.25) is 9.48 Å².